The second-order valence-electron chi connectivity index (χ2n) is 5.15. The number of thiazole rings is 1. The zero-order valence-electron chi connectivity index (χ0n) is 12.6. The Hall–Kier alpha value is -1.68. The van der Waals surface area contributed by atoms with Gasteiger partial charge in [-0.05, 0) is 31.2 Å². The first-order valence-electron chi connectivity index (χ1n) is 7.08. The third-order valence-corrected chi connectivity index (χ3v) is 5.65. The third kappa shape index (κ3) is 4.44. The first-order chi connectivity index (χ1) is 11.0. The molecule has 1 fully saturated rings. The van der Waals surface area contributed by atoms with Gasteiger partial charge in [0, 0.05) is 23.8 Å². The molecule has 1 saturated heterocycles. The van der Waals surface area contributed by atoms with Crippen molar-refractivity contribution in [2.45, 2.75) is 11.3 Å². The molecular weight excluding hydrogens is 372 g/mol. The van der Waals surface area contributed by atoms with E-state index in [1.807, 2.05) is 0 Å². The molecule has 0 radical (unpaired) electrons. The molecule has 0 saturated carbocycles. The molecule has 1 aromatic carbocycles. The summed E-state index contributed by atoms with van der Waals surface area (Å²) >= 11 is 1.20. The standard InChI is InChI=1S/C14H16N4O3S2.ClH/c19-13(10-4-5-15-9-10)17-11-2-1-3-12(8-11)23(20,21)18-14-16-6-7-22-14;/h1-3,6-8,10,15H,4-5,9H2,(H,16,18)(H,17,19);1H. The quantitative estimate of drug-likeness (QED) is 0.726. The molecule has 1 aliphatic rings. The molecule has 3 N–H and O–H groups in total. The van der Waals surface area contributed by atoms with E-state index in [0.29, 0.717) is 17.4 Å². The SMILES string of the molecule is Cl.O=C(Nc1cccc(S(=O)(=O)Nc2nccs2)c1)C1CCNC1. The fraction of sp³-hybridized carbons (Fsp3) is 0.286. The summed E-state index contributed by atoms with van der Waals surface area (Å²) in [5.74, 6) is -0.180. The van der Waals surface area contributed by atoms with Crippen molar-refractivity contribution in [3.8, 4) is 0 Å². The Labute approximate surface area is 150 Å². The summed E-state index contributed by atoms with van der Waals surface area (Å²) in [6, 6.07) is 6.18. The van der Waals surface area contributed by atoms with Crippen LogP contribution >= 0.6 is 23.7 Å². The molecule has 1 amide bonds. The molecule has 3 rings (SSSR count). The Morgan fingerprint density at radius 2 is 2.21 bits per heavy atom. The number of hydrogen-bond donors (Lipinski definition) is 3. The molecule has 1 aromatic heterocycles. The number of benzene rings is 1. The highest BCUT2D eigenvalue weighted by molar-refractivity contribution is 7.93. The van der Waals surface area contributed by atoms with Crippen LogP contribution < -0.4 is 15.4 Å². The number of nitrogens with one attached hydrogen (secondary N) is 3. The maximum atomic E-state index is 12.3. The van der Waals surface area contributed by atoms with Crippen LogP contribution in [0.4, 0.5) is 10.8 Å². The Morgan fingerprint density at radius 3 is 2.88 bits per heavy atom. The molecule has 2 heterocycles. The molecule has 1 aliphatic heterocycles. The van der Waals surface area contributed by atoms with Crippen molar-refractivity contribution in [1.82, 2.24) is 10.3 Å². The number of halogens is 1. The van der Waals surface area contributed by atoms with E-state index in [0.717, 1.165) is 13.0 Å². The van der Waals surface area contributed by atoms with Crippen LogP contribution in [0.3, 0.4) is 0 Å². The summed E-state index contributed by atoms with van der Waals surface area (Å²) in [5.41, 5.74) is 0.462. The fourth-order valence-electron chi connectivity index (χ4n) is 2.31. The first-order valence-corrected chi connectivity index (χ1v) is 9.45. The molecule has 2 aromatic rings. The maximum absolute atomic E-state index is 12.3. The summed E-state index contributed by atoms with van der Waals surface area (Å²) < 4.78 is 27.1. The van der Waals surface area contributed by atoms with Gasteiger partial charge in [0.2, 0.25) is 5.91 Å². The predicted octanol–water partition coefficient (Wildman–Crippen LogP) is 1.91. The number of sulfonamides is 1. The minimum absolute atomic E-state index is 0. The highest BCUT2D eigenvalue weighted by Crippen LogP contribution is 2.21. The lowest BCUT2D eigenvalue weighted by Gasteiger charge is -2.11. The summed E-state index contributed by atoms with van der Waals surface area (Å²) in [7, 11) is -3.73. The molecule has 0 aliphatic carbocycles. The van der Waals surface area contributed by atoms with Gasteiger partial charge in [-0.1, -0.05) is 6.07 Å². The van der Waals surface area contributed by atoms with E-state index in [1.165, 1.54) is 29.7 Å². The molecular formula is C14H17ClN4O3S2. The second-order valence-corrected chi connectivity index (χ2v) is 7.73. The van der Waals surface area contributed by atoms with Gasteiger partial charge in [-0.15, -0.1) is 23.7 Å². The van der Waals surface area contributed by atoms with E-state index in [9.17, 15) is 13.2 Å². The van der Waals surface area contributed by atoms with Gasteiger partial charge in [-0.2, -0.15) is 0 Å². The van der Waals surface area contributed by atoms with Gasteiger partial charge in [-0.3, -0.25) is 9.52 Å². The topological polar surface area (TPSA) is 100 Å². The number of carbonyl (C=O) groups is 1. The Morgan fingerprint density at radius 1 is 1.38 bits per heavy atom. The number of anilines is 2. The lowest BCUT2D eigenvalue weighted by atomic mass is 10.1. The van der Waals surface area contributed by atoms with Crippen LogP contribution in [-0.2, 0) is 14.8 Å². The molecule has 1 unspecified atom stereocenters. The van der Waals surface area contributed by atoms with Crippen LogP contribution in [0.2, 0.25) is 0 Å². The molecule has 0 bridgehead atoms. The highest BCUT2D eigenvalue weighted by Gasteiger charge is 2.23. The molecule has 1 atom stereocenters. The number of hydrogen-bond acceptors (Lipinski definition) is 6. The normalized spacial score (nSPS) is 17.1. The van der Waals surface area contributed by atoms with Crippen LogP contribution in [0.5, 0.6) is 0 Å². The summed E-state index contributed by atoms with van der Waals surface area (Å²) in [6.07, 6.45) is 2.31. The monoisotopic (exact) mass is 388 g/mol. The number of rotatable bonds is 5. The van der Waals surface area contributed by atoms with Gasteiger partial charge in [0.25, 0.3) is 10.0 Å². The maximum Gasteiger partial charge on any atom is 0.263 e. The largest absolute Gasteiger partial charge is 0.326 e. The van der Waals surface area contributed by atoms with Crippen LogP contribution in [0.15, 0.2) is 40.7 Å². The van der Waals surface area contributed by atoms with Gasteiger partial charge in [0.1, 0.15) is 0 Å². The van der Waals surface area contributed by atoms with Crippen molar-refractivity contribution in [3.63, 3.8) is 0 Å². The molecule has 24 heavy (non-hydrogen) atoms. The summed E-state index contributed by atoms with van der Waals surface area (Å²) in [4.78, 5) is 16.1. The zero-order chi connectivity index (χ0) is 16.3. The average Bonchev–Trinajstić information content (AvgIpc) is 3.20. The predicted molar refractivity (Wildman–Crippen MR) is 96.2 cm³/mol. The van der Waals surface area contributed by atoms with Gasteiger partial charge < -0.3 is 10.6 Å². The zero-order valence-corrected chi connectivity index (χ0v) is 15.0. The highest BCUT2D eigenvalue weighted by atomic mass is 35.5. The van der Waals surface area contributed by atoms with E-state index < -0.39 is 10.0 Å². The summed E-state index contributed by atoms with van der Waals surface area (Å²) in [5, 5.41) is 7.88. The average molecular weight is 389 g/mol. The van der Waals surface area contributed by atoms with Gasteiger partial charge in [0.15, 0.2) is 5.13 Å². The smallest absolute Gasteiger partial charge is 0.263 e. The number of carbonyl (C=O) groups excluding carboxylic acids is 1. The minimum Gasteiger partial charge on any atom is -0.326 e. The Kier molecular flexibility index (Phi) is 6.16. The van der Waals surface area contributed by atoms with Gasteiger partial charge in [-0.25, -0.2) is 13.4 Å². The van der Waals surface area contributed by atoms with Crippen molar-refractivity contribution >= 4 is 50.5 Å². The lowest BCUT2D eigenvalue weighted by molar-refractivity contribution is -0.119. The Bertz CT molecular complexity index is 790. The van der Waals surface area contributed by atoms with Crippen molar-refractivity contribution in [2.75, 3.05) is 23.1 Å². The van der Waals surface area contributed by atoms with Crippen LogP contribution in [0.1, 0.15) is 6.42 Å². The summed E-state index contributed by atoms with van der Waals surface area (Å²) in [6.45, 7) is 1.47. The molecule has 0 spiro atoms. The van der Waals surface area contributed by atoms with Gasteiger partial charge >= 0.3 is 0 Å². The molecule has 130 valence electrons. The second kappa shape index (κ2) is 7.93. The fourth-order valence-corrected chi connectivity index (χ4v) is 4.15. The van der Waals surface area contributed by atoms with E-state index in [-0.39, 0.29) is 29.1 Å². The van der Waals surface area contributed by atoms with Crippen LogP contribution in [0, 0.1) is 5.92 Å². The number of nitrogens with zero attached hydrogens (tertiary/aromatic N) is 1. The molecule has 7 nitrogen and oxygen atoms in total. The first kappa shape index (κ1) is 18.7. The minimum atomic E-state index is -3.73. The lowest BCUT2D eigenvalue weighted by Crippen LogP contribution is -2.24. The third-order valence-electron chi connectivity index (χ3n) is 3.50. The van der Waals surface area contributed by atoms with E-state index in [4.69, 9.17) is 0 Å². The van der Waals surface area contributed by atoms with Crippen molar-refractivity contribution in [3.05, 3.63) is 35.8 Å². The van der Waals surface area contributed by atoms with Crippen LogP contribution in [-0.4, -0.2) is 32.4 Å². The van der Waals surface area contributed by atoms with Crippen molar-refractivity contribution < 1.29 is 13.2 Å². The number of aromatic nitrogens is 1. The van der Waals surface area contributed by atoms with Crippen molar-refractivity contribution in [1.29, 1.82) is 0 Å². The van der Waals surface area contributed by atoms with E-state index in [1.54, 1.807) is 17.5 Å². The molecule has 10 heteroatoms. The Balaban J connectivity index is 0.00000208. The van der Waals surface area contributed by atoms with E-state index in [2.05, 4.69) is 20.3 Å². The number of amides is 1. The van der Waals surface area contributed by atoms with Crippen molar-refractivity contribution in [2.24, 2.45) is 5.92 Å². The van der Waals surface area contributed by atoms with Crippen LogP contribution in [0.25, 0.3) is 0 Å². The van der Waals surface area contributed by atoms with Gasteiger partial charge in [0.05, 0.1) is 10.8 Å². The van der Waals surface area contributed by atoms with E-state index >= 15 is 0 Å².